The summed E-state index contributed by atoms with van der Waals surface area (Å²) in [6.07, 6.45) is 0. The highest BCUT2D eigenvalue weighted by molar-refractivity contribution is 6.77. The summed E-state index contributed by atoms with van der Waals surface area (Å²) < 4.78 is 34.9. The molecule has 0 atom stereocenters. The summed E-state index contributed by atoms with van der Waals surface area (Å²) in [5, 5.41) is 5.50. The molecule has 0 spiro atoms. The number of halogens is 2. The van der Waals surface area contributed by atoms with Gasteiger partial charge in [0.25, 0.3) is 0 Å². The van der Waals surface area contributed by atoms with Gasteiger partial charge in [-0.2, -0.15) is 0 Å². The van der Waals surface area contributed by atoms with Crippen molar-refractivity contribution in [2.45, 2.75) is 41.5 Å². The zero-order valence-electron chi connectivity index (χ0n) is 24.9. The third-order valence-electron chi connectivity index (χ3n) is 8.89. The predicted molar refractivity (Wildman–Crippen MR) is 174 cm³/mol. The molecule has 1 aliphatic rings. The summed E-state index contributed by atoms with van der Waals surface area (Å²) >= 11 is 0. The van der Waals surface area contributed by atoms with Crippen molar-refractivity contribution in [1.82, 2.24) is 0 Å². The Morgan fingerprint density at radius 2 is 1.10 bits per heavy atom. The number of hydrogen-bond acceptors (Lipinski definition) is 1. The molecule has 5 aromatic carbocycles. The number of aromatic nitrogens is 1. The van der Waals surface area contributed by atoms with Crippen LogP contribution < -0.4 is 15.3 Å². The van der Waals surface area contributed by atoms with E-state index in [9.17, 15) is 0 Å². The van der Waals surface area contributed by atoms with E-state index in [4.69, 9.17) is 0 Å². The van der Waals surface area contributed by atoms with E-state index in [0.29, 0.717) is 22.4 Å². The molecule has 5 heteroatoms. The van der Waals surface area contributed by atoms with Crippen molar-refractivity contribution in [2.24, 2.45) is 0 Å². The van der Waals surface area contributed by atoms with Crippen LogP contribution in [0.4, 0.5) is 20.1 Å². The highest BCUT2D eigenvalue weighted by Crippen LogP contribution is 2.36. The molecule has 1 N–H and O–H groups in total. The van der Waals surface area contributed by atoms with Gasteiger partial charge in [0.1, 0.15) is 0 Å². The first-order valence-corrected chi connectivity index (χ1v) is 14.5. The molecule has 0 aliphatic carbocycles. The lowest BCUT2D eigenvalue weighted by molar-refractivity contribution is -0.518. The second-order valence-electron chi connectivity index (χ2n) is 12.1. The van der Waals surface area contributed by atoms with Crippen LogP contribution in [0.1, 0.15) is 33.4 Å². The smallest absolute Gasteiger partial charge is 0.432 e. The minimum Gasteiger partial charge on any atom is -0.432 e. The molecule has 7 rings (SSSR count). The summed E-state index contributed by atoms with van der Waals surface area (Å²) in [6.45, 7) is 8.51. The number of pyridine rings is 1. The lowest BCUT2D eigenvalue weighted by Gasteiger charge is -2.33. The molecule has 1 aromatic heterocycles. The van der Waals surface area contributed by atoms with E-state index < -0.39 is 6.84 Å². The molecule has 6 aromatic rings. The molecule has 2 heterocycles. The van der Waals surface area contributed by atoms with Gasteiger partial charge in [0.2, 0.25) is 5.82 Å². The first-order valence-electron chi connectivity index (χ1n) is 14.5. The van der Waals surface area contributed by atoms with E-state index in [-0.39, 0.29) is 5.46 Å². The standard InChI is InChI=1S/C37H33BF2N2/c1-21-15-23(3)35(24(4)16-21)29-7-11-31-27(19-29)8-12-32-37(31)38(39,40)42-33-13-9-30(20-28(33)10-14-34(42)41-32)36-25(5)17-22(2)18-26(36)6/h7-20,41H,1-6H3. The molecule has 0 bridgehead atoms. The SMILES string of the molecule is Cc1cc(C)c(-c2ccc3c4c(ccc3c2)Nc2ccc3cc(-c5c(C)cc(C)cc5C)ccc3[n+]2[B-]4(F)F)c(C)c1. The van der Waals surface area contributed by atoms with Gasteiger partial charge < -0.3 is 13.1 Å². The summed E-state index contributed by atoms with van der Waals surface area (Å²) in [4.78, 5) is 0. The molecule has 0 saturated carbocycles. The molecule has 0 amide bonds. The van der Waals surface area contributed by atoms with E-state index in [2.05, 4.69) is 71.1 Å². The third kappa shape index (κ3) is 3.94. The number of nitrogens with one attached hydrogen (secondary N) is 1. The lowest BCUT2D eigenvalue weighted by atomic mass is 9.65. The van der Waals surface area contributed by atoms with Crippen LogP contribution in [0, 0.1) is 41.5 Å². The van der Waals surface area contributed by atoms with Crippen LogP contribution in [0.3, 0.4) is 0 Å². The van der Waals surface area contributed by atoms with Crippen molar-refractivity contribution in [3.05, 3.63) is 118 Å². The number of benzene rings is 5. The molecule has 0 unspecified atom stereocenters. The number of anilines is 2. The average Bonchev–Trinajstić information content (AvgIpc) is 2.91. The summed E-state index contributed by atoms with van der Waals surface area (Å²) in [7, 11) is 0. The Labute approximate surface area is 245 Å². The van der Waals surface area contributed by atoms with Crippen LogP contribution in [0.5, 0.6) is 0 Å². The minimum atomic E-state index is -4.11. The molecular formula is C37H33BF2N2. The lowest BCUT2D eigenvalue weighted by Crippen LogP contribution is -2.70. The fourth-order valence-electron chi connectivity index (χ4n) is 7.42. The van der Waals surface area contributed by atoms with Crippen LogP contribution in [0.15, 0.2) is 84.9 Å². The Balaban J connectivity index is 1.39. The van der Waals surface area contributed by atoms with Crippen molar-refractivity contribution < 1.29 is 13.1 Å². The maximum atomic E-state index is 16.8. The molecule has 0 saturated heterocycles. The van der Waals surface area contributed by atoms with Gasteiger partial charge in [0.05, 0.1) is 11.2 Å². The molecule has 2 nitrogen and oxygen atoms in total. The number of fused-ring (bicyclic) bond motifs is 6. The first kappa shape index (κ1) is 26.4. The summed E-state index contributed by atoms with van der Waals surface area (Å²) in [6, 6.07) is 27.9. The molecule has 0 fully saturated rings. The van der Waals surface area contributed by atoms with E-state index in [1.807, 2.05) is 48.5 Å². The molecule has 42 heavy (non-hydrogen) atoms. The van der Waals surface area contributed by atoms with Gasteiger partial charge in [-0.05, 0) is 133 Å². The fourth-order valence-corrected chi connectivity index (χ4v) is 7.42. The Kier molecular flexibility index (Phi) is 5.82. The largest absolute Gasteiger partial charge is 0.553 e. The van der Waals surface area contributed by atoms with Gasteiger partial charge >= 0.3 is 6.84 Å². The Morgan fingerprint density at radius 1 is 0.571 bits per heavy atom. The molecule has 1 aliphatic heterocycles. The van der Waals surface area contributed by atoms with Gasteiger partial charge in [-0.25, -0.2) is 5.32 Å². The number of hydrogen-bond donors (Lipinski definition) is 1. The zero-order chi connectivity index (χ0) is 29.5. The Hall–Kier alpha value is -4.51. The average molecular weight is 554 g/mol. The molecule has 208 valence electrons. The Morgan fingerprint density at radius 3 is 1.69 bits per heavy atom. The van der Waals surface area contributed by atoms with Crippen LogP contribution in [0.2, 0.25) is 0 Å². The fraction of sp³-hybridized carbons (Fsp3) is 0.162. The topological polar surface area (TPSA) is 15.9 Å². The van der Waals surface area contributed by atoms with Crippen LogP contribution in [0.25, 0.3) is 43.9 Å². The molecule has 0 radical (unpaired) electrons. The predicted octanol–water partition coefficient (Wildman–Crippen LogP) is 9.16. The molecular weight excluding hydrogens is 521 g/mol. The van der Waals surface area contributed by atoms with E-state index in [0.717, 1.165) is 33.0 Å². The quantitative estimate of drug-likeness (QED) is 0.211. The van der Waals surface area contributed by atoms with Crippen molar-refractivity contribution in [1.29, 1.82) is 0 Å². The van der Waals surface area contributed by atoms with Crippen molar-refractivity contribution in [3.8, 4) is 22.3 Å². The van der Waals surface area contributed by atoms with Crippen molar-refractivity contribution in [3.63, 3.8) is 0 Å². The summed E-state index contributed by atoms with van der Waals surface area (Å²) in [5.41, 5.74) is 12.6. The number of aryl methyl sites for hydroxylation is 6. The van der Waals surface area contributed by atoms with Crippen LogP contribution >= 0.6 is 0 Å². The van der Waals surface area contributed by atoms with E-state index >= 15 is 8.63 Å². The summed E-state index contributed by atoms with van der Waals surface area (Å²) in [5.74, 6) is 0.400. The Bertz CT molecular complexity index is 1920. The highest BCUT2D eigenvalue weighted by atomic mass is 19.2. The van der Waals surface area contributed by atoms with Crippen LogP contribution in [-0.4, -0.2) is 6.84 Å². The van der Waals surface area contributed by atoms with Gasteiger partial charge in [0.15, 0.2) is 0 Å². The van der Waals surface area contributed by atoms with E-state index in [1.54, 1.807) is 12.1 Å². The van der Waals surface area contributed by atoms with Crippen molar-refractivity contribution >= 4 is 45.5 Å². The van der Waals surface area contributed by atoms with Gasteiger partial charge in [-0.1, -0.05) is 59.7 Å². The second-order valence-corrected chi connectivity index (χ2v) is 12.1. The maximum Gasteiger partial charge on any atom is 0.553 e. The van der Waals surface area contributed by atoms with Crippen LogP contribution in [-0.2, 0) is 0 Å². The maximum absolute atomic E-state index is 16.8. The van der Waals surface area contributed by atoms with Gasteiger partial charge in [-0.15, -0.1) is 0 Å². The second kappa shape index (κ2) is 9.25. The van der Waals surface area contributed by atoms with Gasteiger partial charge in [0, 0.05) is 11.5 Å². The van der Waals surface area contributed by atoms with Gasteiger partial charge in [-0.3, -0.25) is 0 Å². The normalized spacial score (nSPS) is 13.6. The zero-order valence-corrected chi connectivity index (χ0v) is 24.9. The third-order valence-corrected chi connectivity index (χ3v) is 8.89. The number of rotatable bonds is 2. The minimum absolute atomic E-state index is 0.0655. The van der Waals surface area contributed by atoms with Crippen molar-refractivity contribution in [2.75, 3.05) is 5.32 Å². The number of nitrogens with zero attached hydrogens (tertiary/aromatic N) is 1. The first-order chi connectivity index (χ1) is 20.0. The highest BCUT2D eigenvalue weighted by Gasteiger charge is 2.46. The van der Waals surface area contributed by atoms with E-state index in [1.165, 1.54) is 37.9 Å². The monoisotopic (exact) mass is 554 g/mol.